The van der Waals surface area contributed by atoms with Crippen LogP contribution in [0.4, 0.5) is 0 Å². The van der Waals surface area contributed by atoms with Gasteiger partial charge in [-0.05, 0) is 67.3 Å². The van der Waals surface area contributed by atoms with Gasteiger partial charge < -0.3 is 4.52 Å². The molecule has 1 heterocycles. The molecular weight excluding hydrogens is 323 g/mol. The lowest BCUT2D eigenvalue weighted by Crippen LogP contribution is -2.61. The van der Waals surface area contributed by atoms with Gasteiger partial charge in [0, 0.05) is 7.11 Å². The fraction of sp³-hybridized carbons (Fsp3) is 0.684. The SMILES string of the molecule is CO[PH](=O)C1(c2ccccc2)OOC1C1C2CC3CC(C2)CC1C3. The molecule has 0 radical (unpaired) electrons. The van der Waals surface area contributed by atoms with Gasteiger partial charge in [0.2, 0.25) is 13.4 Å². The Bertz CT molecular complexity index is 620. The zero-order valence-electron chi connectivity index (χ0n) is 14.0. The van der Waals surface area contributed by atoms with Gasteiger partial charge in [-0.1, -0.05) is 30.3 Å². The van der Waals surface area contributed by atoms with Gasteiger partial charge in [0.1, 0.15) is 6.10 Å². The molecule has 4 bridgehead atoms. The van der Waals surface area contributed by atoms with Crippen molar-refractivity contribution in [1.82, 2.24) is 0 Å². The minimum atomic E-state index is -2.41. The van der Waals surface area contributed by atoms with Crippen LogP contribution in [0.3, 0.4) is 0 Å². The van der Waals surface area contributed by atoms with E-state index in [1.165, 1.54) is 39.2 Å². The minimum Gasteiger partial charge on any atom is -0.332 e. The van der Waals surface area contributed by atoms with Crippen LogP contribution in [-0.2, 0) is 24.2 Å². The summed E-state index contributed by atoms with van der Waals surface area (Å²) in [6, 6.07) is 9.90. The van der Waals surface area contributed by atoms with Crippen LogP contribution in [0.1, 0.15) is 37.7 Å². The van der Waals surface area contributed by atoms with Gasteiger partial charge >= 0.3 is 0 Å². The van der Waals surface area contributed by atoms with Gasteiger partial charge in [-0.2, -0.15) is 0 Å². The topological polar surface area (TPSA) is 44.8 Å². The van der Waals surface area contributed by atoms with Gasteiger partial charge in [-0.25, -0.2) is 9.78 Å². The van der Waals surface area contributed by atoms with Crippen molar-refractivity contribution in [2.75, 3.05) is 7.11 Å². The summed E-state index contributed by atoms with van der Waals surface area (Å²) in [4.78, 5) is 11.3. The van der Waals surface area contributed by atoms with Crippen LogP contribution in [-0.4, -0.2) is 13.2 Å². The second kappa shape index (κ2) is 5.67. The van der Waals surface area contributed by atoms with E-state index < -0.39 is 13.4 Å². The second-order valence-corrected chi connectivity index (χ2v) is 9.93. The van der Waals surface area contributed by atoms with Crippen molar-refractivity contribution in [1.29, 1.82) is 0 Å². The lowest BCUT2D eigenvalue weighted by atomic mass is 9.50. The van der Waals surface area contributed by atoms with Crippen molar-refractivity contribution in [2.45, 2.75) is 43.6 Å². The lowest BCUT2D eigenvalue weighted by molar-refractivity contribution is -0.507. The quantitative estimate of drug-likeness (QED) is 0.599. The third-order valence-electron chi connectivity index (χ3n) is 7.02. The third-order valence-corrected chi connectivity index (χ3v) is 8.66. The standard InChI is InChI=1S/C19H25O4P/c1-21-24(20)19(16-5-3-2-4-6-16)18(22-23-19)17-14-8-12-7-13(10-14)11-15(17)9-12/h2-6,12-15,17-18,24H,7-11H2,1H3. The molecule has 5 aliphatic rings. The zero-order valence-corrected chi connectivity index (χ0v) is 15.0. The fourth-order valence-corrected chi connectivity index (χ4v) is 7.61. The van der Waals surface area contributed by atoms with Gasteiger partial charge in [-0.3, -0.25) is 4.57 Å². The van der Waals surface area contributed by atoms with Crippen LogP contribution in [0, 0.1) is 29.6 Å². The van der Waals surface area contributed by atoms with Crippen LogP contribution in [0.15, 0.2) is 30.3 Å². The van der Waals surface area contributed by atoms with E-state index in [2.05, 4.69) is 0 Å². The zero-order chi connectivity index (χ0) is 16.3. The van der Waals surface area contributed by atoms with Crippen molar-refractivity contribution in [2.24, 2.45) is 29.6 Å². The molecule has 1 aromatic rings. The van der Waals surface area contributed by atoms with Crippen LogP contribution in [0.5, 0.6) is 0 Å². The Hall–Kier alpha value is -0.670. The average Bonchev–Trinajstić information content (AvgIpc) is 2.57. The average molecular weight is 348 g/mol. The van der Waals surface area contributed by atoms with Crippen molar-refractivity contribution in [3.8, 4) is 0 Å². The Labute approximate surface area is 143 Å². The Morgan fingerprint density at radius 1 is 1.04 bits per heavy atom. The molecule has 5 fully saturated rings. The largest absolute Gasteiger partial charge is 0.332 e. The Morgan fingerprint density at radius 2 is 1.67 bits per heavy atom. The van der Waals surface area contributed by atoms with Gasteiger partial charge in [0.25, 0.3) is 0 Å². The normalized spacial score (nSPS) is 47.4. The van der Waals surface area contributed by atoms with E-state index in [0.29, 0.717) is 17.8 Å². The molecule has 3 unspecified atom stereocenters. The van der Waals surface area contributed by atoms with Gasteiger partial charge in [0.15, 0.2) is 0 Å². The molecule has 0 amide bonds. The van der Waals surface area contributed by atoms with Gasteiger partial charge in [0.05, 0.1) is 0 Å². The summed E-state index contributed by atoms with van der Waals surface area (Å²) >= 11 is 0. The smallest absolute Gasteiger partial charge is 0.232 e. The summed E-state index contributed by atoms with van der Waals surface area (Å²) in [5.74, 6) is 3.68. The Kier molecular flexibility index (Phi) is 3.68. The molecule has 4 aliphatic carbocycles. The predicted molar refractivity (Wildman–Crippen MR) is 90.6 cm³/mol. The molecule has 4 saturated carbocycles. The molecule has 1 aliphatic heterocycles. The second-order valence-electron chi connectivity index (χ2n) is 8.20. The first-order valence-corrected chi connectivity index (χ1v) is 10.5. The van der Waals surface area contributed by atoms with E-state index in [0.717, 1.165) is 17.4 Å². The van der Waals surface area contributed by atoms with Crippen LogP contribution in [0.25, 0.3) is 0 Å². The maximum absolute atomic E-state index is 12.9. The first-order valence-electron chi connectivity index (χ1n) is 9.20. The number of hydrogen-bond acceptors (Lipinski definition) is 4. The minimum absolute atomic E-state index is 0.138. The highest BCUT2D eigenvalue weighted by Crippen LogP contribution is 2.66. The third kappa shape index (κ3) is 2.07. The Balaban J connectivity index is 1.52. The maximum atomic E-state index is 12.9. The molecule has 0 aromatic heterocycles. The molecule has 5 heteroatoms. The van der Waals surface area contributed by atoms with E-state index in [9.17, 15) is 4.57 Å². The van der Waals surface area contributed by atoms with Crippen molar-refractivity contribution in [3.05, 3.63) is 35.9 Å². The molecule has 3 atom stereocenters. The molecule has 0 spiro atoms. The highest BCUT2D eigenvalue weighted by Gasteiger charge is 2.65. The summed E-state index contributed by atoms with van der Waals surface area (Å²) < 4.78 is 18.2. The van der Waals surface area contributed by atoms with E-state index in [4.69, 9.17) is 14.3 Å². The molecule has 6 rings (SSSR count). The number of rotatable bonds is 4. The van der Waals surface area contributed by atoms with Gasteiger partial charge in [-0.15, -0.1) is 0 Å². The van der Waals surface area contributed by atoms with Crippen molar-refractivity contribution in [3.63, 3.8) is 0 Å². The molecule has 1 saturated heterocycles. The van der Waals surface area contributed by atoms with E-state index in [1.807, 2.05) is 30.3 Å². The van der Waals surface area contributed by atoms with Crippen LogP contribution < -0.4 is 0 Å². The first kappa shape index (κ1) is 15.6. The summed E-state index contributed by atoms with van der Waals surface area (Å²) in [6.07, 6.45) is 6.56. The van der Waals surface area contributed by atoms with E-state index in [-0.39, 0.29) is 6.10 Å². The molecule has 4 nitrogen and oxygen atoms in total. The fourth-order valence-electron chi connectivity index (χ4n) is 6.31. The van der Waals surface area contributed by atoms with E-state index in [1.54, 1.807) is 0 Å². The van der Waals surface area contributed by atoms with Crippen molar-refractivity contribution < 1.29 is 18.9 Å². The van der Waals surface area contributed by atoms with E-state index >= 15 is 0 Å². The monoisotopic (exact) mass is 348 g/mol. The highest BCUT2D eigenvalue weighted by atomic mass is 31.1. The number of hydrogen-bond donors (Lipinski definition) is 0. The molecule has 24 heavy (non-hydrogen) atoms. The van der Waals surface area contributed by atoms with Crippen molar-refractivity contribution >= 4 is 8.03 Å². The van der Waals surface area contributed by atoms with Crippen LogP contribution >= 0.6 is 8.03 Å². The van der Waals surface area contributed by atoms with Crippen LogP contribution in [0.2, 0.25) is 0 Å². The summed E-state index contributed by atoms with van der Waals surface area (Å²) in [6.45, 7) is 0. The molecule has 130 valence electrons. The maximum Gasteiger partial charge on any atom is 0.232 e. The predicted octanol–water partition coefficient (Wildman–Crippen LogP) is 4.36. The lowest BCUT2D eigenvalue weighted by Gasteiger charge is -2.60. The number of benzene rings is 1. The highest BCUT2D eigenvalue weighted by molar-refractivity contribution is 7.40. The molecular formula is C19H25O4P. The first-order chi connectivity index (χ1) is 11.7. The summed E-state index contributed by atoms with van der Waals surface area (Å²) in [7, 11) is -0.893. The molecule has 0 N–H and O–H groups in total. The summed E-state index contributed by atoms with van der Waals surface area (Å²) in [5.41, 5.74) is 0.931. The Morgan fingerprint density at radius 3 is 2.17 bits per heavy atom. The summed E-state index contributed by atoms with van der Waals surface area (Å²) in [5, 5.41) is -0.902. The molecule has 1 aromatic carbocycles.